The molecule has 0 spiro atoms. The highest BCUT2D eigenvalue weighted by molar-refractivity contribution is 5.14. The molecule has 0 bridgehead atoms. The summed E-state index contributed by atoms with van der Waals surface area (Å²) in [4.78, 5) is 0. The van der Waals surface area contributed by atoms with Gasteiger partial charge in [0, 0.05) is 6.54 Å². The van der Waals surface area contributed by atoms with Crippen LogP contribution in [0, 0.1) is 5.92 Å². The smallest absolute Gasteiger partial charge is 0.0591 e. The van der Waals surface area contributed by atoms with Crippen LogP contribution in [0.5, 0.6) is 0 Å². The van der Waals surface area contributed by atoms with Crippen LogP contribution in [0.2, 0.25) is 0 Å². The summed E-state index contributed by atoms with van der Waals surface area (Å²) in [6, 6.07) is 10.5. The molecule has 1 aliphatic rings. The molecule has 0 aliphatic heterocycles. The normalized spacial score (nSPS) is 15.2. The molecule has 1 aliphatic carbocycles. The molecule has 16 heavy (non-hydrogen) atoms. The molecular formula is C14H21NO. The molecule has 1 saturated carbocycles. The highest BCUT2D eigenvalue weighted by atomic mass is 16.5. The number of hydrogen-bond acceptors (Lipinski definition) is 2. The largest absolute Gasteiger partial charge is 0.380 e. The topological polar surface area (TPSA) is 21.3 Å². The molecule has 2 rings (SSSR count). The van der Waals surface area contributed by atoms with Crippen molar-refractivity contribution in [3.05, 3.63) is 35.9 Å². The second-order valence-electron chi connectivity index (χ2n) is 4.50. The van der Waals surface area contributed by atoms with Crippen LogP contribution >= 0.6 is 0 Å². The lowest BCUT2D eigenvalue weighted by Crippen LogP contribution is -2.22. The zero-order valence-corrected chi connectivity index (χ0v) is 9.82. The summed E-state index contributed by atoms with van der Waals surface area (Å²) in [7, 11) is 0. The minimum atomic E-state index is 0.828. The highest BCUT2D eigenvalue weighted by Crippen LogP contribution is 2.27. The highest BCUT2D eigenvalue weighted by Gasteiger charge is 2.19. The van der Waals surface area contributed by atoms with Gasteiger partial charge in [-0.2, -0.15) is 0 Å². The van der Waals surface area contributed by atoms with Crippen molar-refractivity contribution in [1.29, 1.82) is 0 Å². The first-order valence-corrected chi connectivity index (χ1v) is 6.27. The van der Waals surface area contributed by atoms with Crippen molar-refractivity contribution < 1.29 is 4.74 Å². The van der Waals surface area contributed by atoms with Gasteiger partial charge in [-0.05, 0) is 37.3 Å². The maximum Gasteiger partial charge on any atom is 0.0591 e. The minimum absolute atomic E-state index is 0.828. The summed E-state index contributed by atoms with van der Waals surface area (Å²) in [5.41, 5.74) is 1.36. The van der Waals surface area contributed by atoms with Gasteiger partial charge in [0.1, 0.15) is 0 Å². The lowest BCUT2D eigenvalue weighted by Gasteiger charge is -2.05. The monoisotopic (exact) mass is 219 g/mol. The van der Waals surface area contributed by atoms with E-state index in [1.165, 1.54) is 24.9 Å². The van der Waals surface area contributed by atoms with E-state index >= 15 is 0 Å². The van der Waals surface area contributed by atoms with Crippen LogP contribution < -0.4 is 5.32 Å². The van der Waals surface area contributed by atoms with Crippen LogP contribution in [0.4, 0.5) is 0 Å². The lowest BCUT2D eigenvalue weighted by molar-refractivity contribution is 0.139. The molecule has 1 N–H and O–H groups in total. The van der Waals surface area contributed by atoms with Gasteiger partial charge < -0.3 is 10.1 Å². The summed E-state index contributed by atoms with van der Waals surface area (Å²) < 4.78 is 5.58. The lowest BCUT2D eigenvalue weighted by atomic mass is 10.2. The maximum absolute atomic E-state index is 5.58. The molecule has 0 radical (unpaired) electrons. The zero-order chi connectivity index (χ0) is 11.1. The van der Waals surface area contributed by atoms with Crippen molar-refractivity contribution in [3.63, 3.8) is 0 Å². The van der Waals surface area contributed by atoms with Gasteiger partial charge in [-0.25, -0.2) is 0 Å². The van der Waals surface area contributed by atoms with Crippen molar-refractivity contribution in [2.75, 3.05) is 26.3 Å². The van der Waals surface area contributed by atoms with E-state index in [2.05, 4.69) is 29.6 Å². The first kappa shape index (κ1) is 11.6. The van der Waals surface area contributed by atoms with E-state index in [1.54, 1.807) is 0 Å². The van der Waals surface area contributed by atoms with Crippen LogP contribution in [0.15, 0.2) is 30.3 Å². The Labute approximate surface area is 98.0 Å². The minimum Gasteiger partial charge on any atom is -0.380 e. The van der Waals surface area contributed by atoms with Gasteiger partial charge >= 0.3 is 0 Å². The zero-order valence-electron chi connectivity index (χ0n) is 9.82. The van der Waals surface area contributed by atoms with Crippen molar-refractivity contribution in [2.24, 2.45) is 5.92 Å². The SMILES string of the molecule is c1ccc(CCOCCNCC2CC2)cc1. The van der Waals surface area contributed by atoms with Crippen LogP contribution in [0.25, 0.3) is 0 Å². The van der Waals surface area contributed by atoms with Gasteiger partial charge in [0.05, 0.1) is 13.2 Å². The third-order valence-corrected chi connectivity index (χ3v) is 2.93. The first-order chi connectivity index (χ1) is 7.95. The van der Waals surface area contributed by atoms with E-state index in [0.29, 0.717) is 0 Å². The predicted molar refractivity (Wildman–Crippen MR) is 66.6 cm³/mol. The fourth-order valence-corrected chi connectivity index (χ4v) is 1.71. The number of benzene rings is 1. The Morgan fingerprint density at radius 2 is 1.94 bits per heavy atom. The average molecular weight is 219 g/mol. The molecule has 1 fully saturated rings. The second kappa shape index (κ2) is 6.66. The van der Waals surface area contributed by atoms with E-state index in [-0.39, 0.29) is 0 Å². The van der Waals surface area contributed by atoms with Crippen molar-refractivity contribution in [1.82, 2.24) is 5.32 Å². The second-order valence-corrected chi connectivity index (χ2v) is 4.50. The summed E-state index contributed by atoms with van der Waals surface area (Å²) in [6.07, 6.45) is 3.85. The van der Waals surface area contributed by atoms with Gasteiger partial charge in [-0.3, -0.25) is 0 Å². The average Bonchev–Trinajstić information content (AvgIpc) is 3.13. The van der Waals surface area contributed by atoms with E-state index < -0.39 is 0 Å². The van der Waals surface area contributed by atoms with E-state index in [9.17, 15) is 0 Å². The Morgan fingerprint density at radius 1 is 1.12 bits per heavy atom. The van der Waals surface area contributed by atoms with Crippen LogP contribution in [-0.2, 0) is 11.2 Å². The predicted octanol–water partition coefficient (Wildman–Crippen LogP) is 2.25. The Bertz CT molecular complexity index is 282. The Hall–Kier alpha value is -0.860. The standard InChI is InChI=1S/C14H21NO/c1-2-4-13(5-3-1)8-10-16-11-9-15-12-14-6-7-14/h1-5,14-15H,6-12H2. The molecule has 88 valence electrons. The fraction of sp³-hybridized carbons (Fsp3) is 0.571. The summed E-state index contributed by atoms with van der Waals surface area (Å²) >= 11 is 0. The van der Waals surface area contributed by atoms with Gasteiger partial charge in [-0.15, -0.1) is 0 Å². The van der Waals surface area contributed by atoms with Crippen molar-refractivity contribution in [2.45, 2.75) is 19.3 Å². The quantitative estimate of drug-likeness (QED) is 0.677. The van der Waals surface area contributed by atoms with E-state index in [0.717, 1.165) is 32.1 Å². The molecular weight excluding hydrogens is 198 g/mol. The van der Waals surface area contributed by atoms with Gasteiger partial charge in [0.25, 0.3) is 0 Å². The molecule has 2 nitrogen and oxygen atoms in total. The van der Waals surface area contributed by atoms with Gasteiger partial charge in [-0.1, -0.05) is 30.3 Å². The first-order valence-electron chi connectivity index (χ1n) is 6.27. The third kappa shape index (κ3) is 4.77. The number of ether oxygens (including phenoxy) is 1. The van der Waals surface area contributed by atoms with E-state index in [1.807, 2.05) is 6.07 Å². The van der Waals surface area contributed by atoms with Crippen LogP contribution in [-0.4, -0.2) is 26.3 Å². The van der Waals surface area contributed by atoms with Gasteiger partial charge in [0.15, 0.2) is 0 Å². The molecule has 0 aromatic heterocycles. The summed E-state index contributed by atoms with van der Waals surface area (Å²) in [6.45, 7) is 3.84. The molecule has 0 heterocycles. The summed E-state index contributed by atoms with van der Waals surface area (Å²) in [5.74, 6) is 0.962. The van der Waals surface area contributed by atoms with Crippen molar-refractivity contribution in [3.8, 4) is 0 Å². The van der Waals surface area contributed by atoms with E-state index in [4.69, 9.17) is 4.74 Å². The van der Waals surface area contributed by atoms with Crippen molar-refractivity contribution >= 4 is 0 Å². The van der Waals surface area contributed by atoms with Crippen LogP contribution in [0.3, 0.4) is 0 Å². The number of rotatable bonds is 8. The Morgan fingerprint density at radius 3 is 2.69 bits per heavy atom. The third-order valence-electron chi connectivity index (χ3n) is 2.93. The number of hydrogen-bond donors (Lipinski definition) is 1. The maximum atomic E-state index is 5.58. The molecule has 1 aromatic carbocycles. The molecule has 1 aromatic rings. The summed E-state index contributed by atoms with van der Waals surface area (Å²) in [5, 5.41) is 3.42. The van der Waals surface area contributed by atoms with Gasteiger partial charge in [0.2, 0.25) is 0 Å². The molecule has 0 saturated heterocycles. The van der Waals surface area contributed by atoms with Crippen LogP contribution in [0.1, 0.15) is 18.4 Å². The molecule has 0 unspecified atom stereocenters. The fourth-order valence-electron chi connectivity index (χ4n) is 1.71. The number of nitrogens with one attached hydrogen (secondary N) is 1. The Kier molecular flexibility index (Phi) is 4.84. The molecule has 0 amide bonds. The molecule has 2 heteroatoms. The molecule has 0 atom stereocenters. The Balaban J connectivity index is 1.42.